The van der Waals surface area contributed by atoms with Gasteiger partial charge in [0.05, 0.1) is 17.0 Å². The Hall–Kier alpha value is -2.49. The zero-order valence-electron chi connectivity index (χ0n) is 23.3. The second-order valence-corrected chi connectivity index (χ2v) is 13.3. The molecule has 0 fully saturated rings. The molecule has 0 aliphatic carbocycles. The lowest BCUT2D eigenvalue weighted by Gasteiger charge is -2.32. The number of carbonyl (C=O) groups excluding carboxylic acids is 2. The van der Waals surface area contributed by atoms with Crippen molar-refractivity contribution < 1.29 is 18.0 Å². The maximum absolute atomic E-state index is 13.9. The van der Waals surface area contributed by atoms with Gasteiger partial charge in [-0.05, 0) is 48.7 Å². The zero-order chi connectivity index (χ0) is 30.9. The number of amides is 2. The van der Waals surface area contributed by atoms with E-state index in [1.807, 2.05) is 37.3 Å². The maximum atomic E-state index is 13.9. The lowest BCUT2D eigenvalue weighted by atomic mass is 10.0. The van der Waals surface area contributed by atoms with E-state index in [9.17, 15) is 18.0 Å². The van der Waals surface area contributed by atoms with Crippen LogP contribution in [0.4, 0.5) is 5.69 Å². The SMILES string of the molecule is CCCNC(=O)C(Cc1ccccc1)N(Cc1c(Cl)cccc1Cl)C(=O)CCCN(c1cc(Cl)ccc1Cl)S(C)(=O)=O. The van der Waals surface area contributed by atoms with Crippen molar-refractivity contribution in [1.82, 2.24) is 10.2 Å². The molecule has 42 heavy (non-hydrogen) atoms. The van der Waals surface area contributed by atoms with E-state index >= 15 is 0 Å². The minimum Gasteiger partial charge on any atom is -0.354 e. The fourth-order valence-corrected chi connectivity index (χ4v) is 6.36. The van der Waals surface area contributed by atoms with Crippen LogP contribution in [-0.2, 0) is 32.6 Å². The Labute approximate surface area is 267 Å². The first-order chi connectivity index (χ1) is 19.9. The topological polar surface area (TPSA) is 86.8 Å². The van der Waals surface area contributed by atoms with Crippen molar-refractivity contribution in [3.63, 3.8) is 0 Å². The van der Waals surface area contributed by atoms with Gasteiger partial charge < -0.3 is 10.2 Å². The first-order valence-electron chi connectivity index (χ1n) is 13.4. The van der Waals surface area contributed by atoms with Crippen molar-refractivity contribution in [3.05, 3.63) is 97.9 Å². The molecule has 0 aliphatic rings. The molecule has 3 rings (SSSR count). The van der Waals surface area contributed by atoms with Crippen molar-refractivity contribution >= 4 is 73.9 Å². The van der Waals surface area contributed by atoms with Crippen molar-refractivity contribution in [1.29, 1.82) is 0 Å². The summed E-state index contributed by atoms with van der Waals surface area (Å²) in [5.74, 6) is -0.662. The number of carbonyl (C=O) groups is 2. The number of benzene rings is 3. The molecule has 2 amide bonds. The smallest absolute Gasteiger partial charge is 0.243 e. The van der Waals surface area contributed by atoms with Crippen LogP contribution in [0.5, 0.6) is 0 Å². The van der Waals surface area contributed by atoms with E-state index in [-0.39, 0.29) is 54.9 Å². The Balaban J connectivity index is 1.93. The fourth-order valence-electron chi connectivity index (χ4n) is 4.43. The minimum atomic E-state index is -3.75. The lowest BCUT2D eigenvalue weighted by Crippen LogP contribution is -2.50. The van der Waals surface area contributed by atoms with E-state index in [1.165, 1.54) is 17.0 Å². The molecule has 1 unspecified atom stereocenters. The number of rotatable bonds is 14. The molecule has 1 atom stereocenters. The highest BCUT2D eigenvalue weighted by Gasteiger charge is 2.31. The number of nitrogens with zero attached hydrogens (tertiary/aromatic N) is 2. The van der Waals surface area contributed by atoms with E-state index < -0.39 is 16.1 Å². The molecular formula is C30H33Cl4N3O4S. The summed E-state index contributed by atoms with van der Waals surface area (Å²) in [6.45, 7) is 2.35. The molecule has 0 saturated heterocycles. The summed E-state index contributed by atoms with van der Waals surface area (Å²) in [4.78, 5) is 28.9. The molecule has 0 aliphatic heterocycles. The molecule has 0 heterocycles. The Kier molecular flexibility index (Phi) is 12.8. The van der Waals surface area contributed by atoms with Crippen molar-refractivity contribution in [2.45, 2.75) is 45.2 Å². The largest absolute Gasteiger partial charge is 0.354 e. The minimum absolute atomic E-state index is 0.00963. The predicted octanol–water partition coefficient (Wildman–Crippen LogP) is 7.01. The van der Waals surface area contributed by atoms with Gasteiger partial charge in [0.25, 0.3) is 0 Å². The average Bonchev–Trinajstić information content (AvgIpc) is 2.94. The number of halogens is 4. The molecule has 3 aromatic carbocycles. The van der Waals surface area contributed by atoms with Gasteiger partial charge in [0.1, 0.15) is 6.04 Å². The van der Waals surface area contributed by atoms with Gasteiger partial charge in [0.15, 0.2) is 0 Å². The second-order valence-electron chi connectivity index (χ2n) is 9.75. The normalized spacial score (nSPS) is 12.0. The van der Waals surface area contributed by atoms with Gasteiger partial charge in [-0.3, -0.25) is 13.9 Å². The van der Waals surface area contributed by atoms with Gasteiger partial charge in [-0.25, -0.2) is 8.42 Å². The number of hydrogen-bond acceptors (Lipinski definition) is 4. The molecule has 1 N–H and O–H groups in total. The molecule has 0 radical (unpaired) electrons. The molecule has 7 nitrogen and oxygen atoms in total. The number of hydrogen-bond donors (Lipinski definition) is 1. The summed E-state index contributed by atoms with van der Waals surface area (Å²) >= 11 is 25.4. The number of sulfonamides is 1. The highest BCUT2D eigenvalue weighted by atomic mass is 35.5. The maximum Gasteiger partial charge on any atom is 0.243 e. The van der Waals surface area contributed by atoms with Crippen LogP contribution in [0.25, 0.3) is 0 Å². The lowest BCUT2D eigenvalue weighted by molar-refractivity contribution is -0.141. The van der Waals surface area contributed by atoms with Crippen LogP contribution in [0.2, 0.25) is 20.1 Å². The van der Waals surface area contributed by atoms with Gasteiger partial charge in [-0.1, -0.05) is 89.7 Å². The Morgan fingerprint density at radius 1 is 0.905 bits per heavy atom. The van der Waals surface area contributed by atoms with E-state index in [1.54, 1.807) is 24.3 Å². The van der Waals surface area contributed by atoms with Crippen molar-refractivity contribution in [2.24, 2.45) is 0 Å². The third kappa shape index (κ3) is 9.51. The van der Waals surface area contributed by atoms with Gasteiger partial charge >= 0.3 is 0 Å². The summed E-state index contributed by atoms with van der Waals surface area (Å²) in [5.41, 5.74) is 1.61. The average molecular weight is 673 g/mol. The van der Waals surface area contributed by atoms with Gasteiger partial charge in [-0.15, -0.1) is 0 Å². The molecule has 0 aromatic heterocycles. The quantitative estimate of drug-likeness (QED) is 0.200. The monoisotopic (exact) mass is 671 g/mol. The third-order valence-electron chi connectivity index (χ3n) is 6.54. The molecule has 226 valence electrons. The van der Waals surface area contributed by atoms with Crippen LogP contribution >= 0.6 is 46.4 Å². The molecule has 0 bridgehead atoms. The Morgan fingerprint density at radius 2 is 1.57 bits per heavy atom. The van der Waals surface area contributed by atoms with E-state index in [4.69, 9.17) is 46.4 Å². The zero-order valence-corrected chi connectivity index (χ0v) is 27.2. The highest BCUT2D eigenvalue weighted by Crippen LogP contribution is 2.31. The van der Waals surface area contributed by atoms with Crippen LogP contribution in [0.15, 0.2) is 66.7 Å². The van der Waals surface area contributed by atoms with Crippen LogP contribution in [0, 0.1) is 0 Å². The number of anilines is 1. The first kappa shape index (κ1) is 34.0. The third-order valence-corrected chi connectivity index (χ3v) is 8.98. The summed E-state index contributed by atoms with van der Waals surface area (Å²) in [6.07, 6.45) is 2.14. The summed E-state index contributed by atoms with van der Waals surface area (Å²) in [5, 5.41) is 4.18. The molecule has 3 aromatic rings. The van der Waals surface area contributed by atoms with E-state index in [0.717, 1.165) is 22.5 Å². The standard InChI is InChI=1S/C30H33Cl4N3O4S/c1-3-16-35-30(39)28(18-21-9-5-4-6-10-21)36(20-23-24(32)11-7-12-25(23)33)29(38)13-8-17-37(42(2,40)41)27-19-22(31)14-15-26(27)34/h4-7,9-12,14-15,19,28H,3,8,13,16-18,20H2,1-2H3,(H,35,39). The van der Waals surface area contributed by atoms with Gasteiger partial charge in [0.2, 0.25) is 21.8 Å². The second kappa shape index (κ2) is 15.8. The van der Waals surface area contributed by atoms with Crippen LogP contribution in [0.3, 0.4) is 0 Å². The molecular weight excluding hydrogens is 640 g/mol. The van der Waals surface area contributed by atoms with Crippen LogP contribution < -0.4 is 9.62 Å². The summed E-state index contributed by atoms with van der Waals surface area (Å²) in [7, 11) is -3.75. The Bertz CT molecular complexity index is 1470. The highest BCUT2D eigenvalue weighted by molar-refractivity contribution is 7.92. The molecule has 0 saturated carbocycles. The summed E-state index contributed by atoms with van der Waals surface area (Å²) in [6, 6.07) is 18.1. The van der Waals surface area contributed by atoms with Crippen molar-refractivity contribution in [2.75, 3.05) is 23.7 Å². The van der Waals surface area contributed by atoms with E-state index in [2.05, 4.69) is 5.32 Å². The van der Waals surface area contributed by atoms with E-state index in [0.29, 0.717) is 27.2 Å². The number of nitrogens with one attached hydrogen (secondary N) is 1. The molecule has 0 spiro atoms. The summed E-state index contributed by atoms with van der Waals surface area (Å²) < 4.78 is 26.5. The van der Waals surface area contributed by atoms with Crippen LogP contribution in [0.1, 0.15) is 37.3 Å². The molecule has 12 heteroatoms. The predicted molar refractivity (Wildman–Crippen MR) is 172 cm³/mol. The van der Waals surface area contributed by atoms with Gasteiger partial charge in [0, 0.05) is 53.1 Å². The van der Waals surface area contributed by atoms with Gasteiger partial charge in [-0.2, -0.15) is 0 Å². The fraction of sp³-hybridized carbons (Fsp3) is 0.333. The first-order valence-corrected chi connectivity index (χ1v) is 16.7. The van der Waals surface area contributed by atoms with Crippen molar-refractivity contribution in [3.8, 4) is 0 Å². The Morgan fingerprint density at radius 3 is 2.19 bits per heavy atom. The van der Waals surface area contributed by atoms with Crippen LogP contribution in [-0.4, -0.2) is 50.5 Å².